The van der Waals surface area contributed by atoms with Crippen LogP contribution in [-0.2, 0) is 36.5 Å². The Morgan fingerprint density at radius 2 is 1.31 bits per heavy atom. The molecule has 4 aromatic heterocycles. The van der Waals surface area contributed by atoms with Gasteiger partial charge in [-0.15, -0.1) is 22.7 Å². The number of rotatable bonds is 6. The Labute approximate surface area is 283 Å². The number of benzene rings is 2. The highest BCUT2D eigenvalue weighted by molar-refractivity contribution is 8.24. The zero-order valence-corrected chi connectivity index (χ0v) is 29.1. The van der Waals surface area contributed by atoms with Crippen LogP contribution in [0, 0.1) is 0 Å². The van der Waals surface area contributed by atoms with Gasteiger partial charge in [-0.2, -0.15) is 0 Å². The number of hydrogen-bond acceptors (Lipinski definition) is 11. The number of aromatic nitrogens is 4. The smallest absolute Gasteiger partial charge is 0.339 e. The van der Waals surface area contributed by atoms with Crippen LogP contribution in [0.3, 0.4) is 0 Å². The number of thiophene rings is 2. The van der Waals surface area contributed by atoms with Crippen molar-refractivity contribution in [3.63, 3.8) is 0 Å². The first-order valence-electron chi connectivity index (χ1n) is 13.1. The first kappa shape index (κ1) is 35.0. The molecule has 4 heterocycles. The second-order valence-corrected chi connectivity index (χ2v) is 18.0. The highest BCUT2D eigenvalue weighted by Crippen LogP contribution is 2.61. The van der Waals surface area contributed by atoms with Crippen LogP contribution in [0.4, 0.5) is 0 Å². The molecule has 6 aromatic rings. The second kappa shape index (κ2) is 15.6. The number of ether oxygens (including phenoxy) is 2. The molecule has 0 saturated carbocycles. The van der Waals surface area contributed by atoms with Gasteiger partial charge in [0.25, 0.3) is 5.56 Å². The summed E-state index contributed by atoms with van der Waals surface area (Å²) in [6.45, 7) is 4.33. The third-order valence-electron chi connectivity index (χ3n) is 5.93. The van der Waals surface area contributed by atoms with Crippen LogP contribution < -0.4 is 5.56 Å². The van der Waals surface area contributed by atoms with Crippen LogP contribution in [0.25, 0.3) is 40.6 Å². The van der Waals surface area contributed by atoms with Gasteiger partial charge in [-0.3, -0.25) is 18.9 Å². The van der Waals surface area contributed by atoms with Crippen molar-refractivity contribution in [3.8, 4) is 0 Å². The molecule has 236 valence electrons. The minimum atomic E-state index is -3.22. The van der Waals surface area contributed by atoms with E-state index in [0.29, 0.717) is 28.6 Å². The molecule has 45 heavy (non-hydrogen) atoms. The number of halogens is 4. The van der Waals surface area contributed by atoms with Crippen LogP contribution in [0.15, 0.2) is 53.8 Å². The average Bonchev–Trinajstić information content (AvgIpc) is 3.52. The molecule has 0 fully saturated rings. The largest absolute Gasteiger partial charge is 0.466 e. The Morgan fingerprint density at radius 1 is 0.822 bits per heavy atom. The summed E-state index contributed by atoms with van der Waals surface area (Å²) in [5.74, 6) is -0.493. The van der Waals surface area contributed by atoms with E-state index in [4.69, 9.17) is 21.1 Å². The van der Waals surface area contributed by atoms with Crippen molar-refractivity contribution in [3.05, 3.63) is 75.7 Å². The highest BCUT2D eigenvalue weighted by Gasteiger charge is 2.13. The van der Waals surface area contributed by atoms with Gasteiger partial charge in [0.05, 0.1) is 43.2 Å². The van der Waals surface area contributed by atoms with Crippen molar-refractivity contribution in [2.75, 3.05) is 13.2 Å². The minimum Gasteiger partial charge on any atom is -0.466 e. The Bertz CT molecular complexity index is 2110. The van der Waals surface area contributed by atoms with E-state index < -0.39 is 5.20 Å². The first-order chi connectivity index (χ1) is 21.4. The van der Waals surface area contributed by atoms with Crippen LogP contribution in [0.2, 0.25) is 5.15 Å². The maximum atomic E-state index is 11.9. The fourth-order valence-electron chi connectivity index (χ4n) is 4.26. The summed E-state index contributed by atoms with van der Waals surface area (Å²) in [5, 5.41) is 0.464. The highest BCUT2D eigenvalue weighted by atomic mass is 36.0. The Balaban J connectivity index is 0.000000179. The quantitative estimate of drug-likeness (QED) is 0.101. The zero-order chi connectivity index (χ0) is 32.7. The molecule has 0 aliphatic heterocycles. The number of aromatic amines is 1. The molecule has 0 unspecified atom stereocenters. The molecule has 0 amide bonds. The molecule has 17 heteroatoms. The summed E-state index contributed by atoms with van der Waals surface area (Å²) in [5.41, 5.74) is 1.57. The van der Waals surface area contributed by atoms with Gasteiger partial charge < -0.3 is 14.5 Å². The SMILES string of the molecule is CCOC(=O)Cc1ccc2sc3nc[nH]c(=O)c3c2c1.CCOC(=O)Cc1ccc2sc3ncnc(Cl)c3c2c1.O=P(Cl)(Cl)Cl. The monoisotopic (exact) mass is 746 g/mol. The Hall–Kier alpha value is -2.83. The molecule has 10 nitrogen and oxygen atoms in total. The Morgan fingerprint density at radius 3 is 1.82 bits per heavy atom. The van der Waals surface area contributed by atoms with Crippen molar-refractivity contribution in [1.29, 1.82) is 0 Å². The van der Waals surface area contributed by atoms with Crippen molar-refractivity contribution in [2.45, 2.75) is 26.7 Å². The van der Waals surface area contributed by atoms with Gasteiger partial charge in [-0.1, -0.05) is 23.7 Å². The van der Waals surface area contributed by atoms with Gasteiger partial charge in [0.2, 0.25) is 0 Å². The summed E-state index contributed by atoms with van der Waals surface area (Å²) in [6, 6.07) is 11.5. The van der Waals surface area contributed by atoms with E-state index in [2.05, 4.69) is 53.7 Å². The third-order valence-corrected chi connectivity index (χ3v) is 8.38. The van der Waals surface area contributed by atoms with Crippen molar-refractivity contribution in [1.82, 2.24) is 19.9 Å². The molecule has 0 spiro atoms. The molecular weight excluding hydrogens is 725 g/mol. The number of fused-ring (bicyclic) bond motifs is 6. The molecule has 0 radical (unpaired) electrons. The summed E-state index contributed by atoms with van der Waals surface area (Å²) in [6.07, 6.45) is 3.32. The second-order valence-electron chi connectivity index (χ2n) is 8.98. The lowest BCUT2D eigenvalue weighted by atomic mass is 10.1. The lowest BCUT2D eigenvalue weighted by molar-refractivity contribution is -0.143. The molecule has 0 aliphatic rings. The van der Waals surface area contributed by atoms with Gasteiger partial charge in [0, 0.05) is 20.2 Å². The maximum absolute atomic E-state index is 11.9. The molecule has 0 bridgehead atoms. The normalized spacial score (nSPS) is 11.2. The van der Waals surface area contributed by atoms with Crippen molar-refractivity contribution < 1.29 is 23.6 Å². The standard InChI is InChI=1S/C14H11ClN2O2S.C14H12N2O3S.Cl3OP/c1-2-19-11(18)6-8-3-4-10-9(5-8)12-13(15)16-7-17-14(12)20-10;1-2-19-11(17)6-8-3-4-10-9(5-8)12-13(18)15-7-16-14(12)20-10;1-5(2,3)4/h3-5,7H,2,6H2,1H3;3-5,7H,2,6H2,1H3,(H,15,16,18);. The maximum Gasteiger partial charge on any atom is 0.339 e. The van der Waals surface area contributed by atoms with E-state index in [-0.39, 0.29) is 30.3 Å². The molecule has 2 aromatic carbocycles. The van der Waals surface area contributed by atoms with E-state index in [0.717, 1.165) is 41.5 Å². The van der Waals surface area contributed by atoms with Crippen LogP contribution >= 0.6 is 73.2 Å². The zero-order valence-electron chi connectivity index (χ0n) is 23.5. The van der Waals surface area contributed by atoms with Gasteiger partial charge in [0.15, 0.2) is 0 Å². The van der Waals surface area contributed by atoms with E-state index in [9.17, 15) is 18.9 Å². The molecule has 0 atom stereocenters. The number of hydrogen-bond donors (Lipinski definition) is 1. The van der Waals surface area contributed by atoms with Crippen LogP contribution in [0.5, 0.6) is 0 Å². The molecular formula is C28H23Cl4N4O6PS2. The van der Waals surface area contributed by atoms with Gasteiger partial charge in [-0.05, 0) is 83.0 Å². The van der Waals surface area contributed by atoms with Crippen molar-refractivity contribution in [2.24, 2.45) is 0 Å². The van der Waals surface area contributed by atoms with Crippen LogP contribution in [0.1, 0.15) is 25.0 Å². The van der Waals surface area contributed by atoms with E-state index >= 15 is 0 Å². The number of carbonyl (C=O) groups is 2. The summed E-state index contributed by atoms with van der Waals surface area (Å²) < 4.78 is 21.5. The predicted molar refractivity (Wildman–Crippen MR) is 184 cm³/mol. The Kier molecular flexibility index (Phi) is 12.2. The van der Waals surface area contributed by atoms with Crippen molar-refractivity contribution >= 4 is 126 Å². The molecule has 0 aliphatic carbocycles. The first-order valence-corrected chi connectivity index (χ1v) is 19.5. The minimum absolute atomic E-state index is 0.158. The number of nitrogens with one attached hydrogen (secondary N) is 1. The van der Waals surface area contributed by atoms with Gasteiger partial charge in [0.1, 0.15) is 21.1 Å². The summed E-state index contributed by atoms with van der Waals surface area (Å²) in [4.78, 5) is 51.5. The number of nitrogens with zero attached hydrogens (tertiary/aromatic N) is 3. The molecule has 1 N–H and O–H groups in total. The molecule has 6 rings (SSSR count). The number of H-pyrrole nitrogens is 1. The van der Waals surface area contributed by atoms with Gasteiger partial charge >= 0.3 is 17.1 Å². The fraction of sp³-hybridized carbons (Fsp3) is 0.214. The fourth-order valence-corrected chi connectivity index (χ4v) is 6.60. The lowest BCUT2D eigenvalue weighted by Crippen LogP contribution is -2.07. The topological polar surface area (TPSA) is 141 Å². The lowest BCUT2D eigenvalue weighted by Gasteiger charge is -2.02. The molecule has 0 saturated heterocycles. The van der Waals surface area contributed by atoms with E-state index in [1.165, 1.54) is 24.0 Å². The number of carbonyl (C=O) groups excluding carboxylic acids is 2. The third kappa shape index (κ3) is 9.59. The predicted octanol–water partition coefficient (Wildman–Crippen LogP) is 8.66. The average molecular weight is 748 g/mol. The number of esters is 2. The van der Waals surface area contributed by atoms with E-state index in [1.807, 2.05) is 36.4 Å². The van der Waals surface area contributed by atoms with Crippen LogP contribution in [-0.4, -0.2) is 45.1 Å². The van der Waals surface area contributed by atoms with Gasteiger partial charge in [-0.25, -0.2) is 15.0 Å². The summed E-state index contributed by atoms with van der Waals surface area (Å²) >= 11 is 23.0. The summed E-state index contributed by atoms with van der Waals surface area (Å²) in [7, 11) is 0. The van der Waals surface area contributed by atoms with E-state index in [1.54, 1.807) is 25.2 Å².